The van der Waals surface area contributed by atoms with Crippen LogP contribution in [-0.4, -0.2) is 16.3 Å². The molecule has 3 nitrogen and oxygen atoms in total. The highest BCUT2D eigenvalue weighted by molar-refractivity contribution is 6.31. The van der Waals surface area contributed by atoms with Crippen molar-refractivity contribution in [2.24, 2.45) is 12.5 Å². The maximum absolute atomic E-state index is 6.16. The maximum atomic E-state index is 6.16. The summed E-state index contributed by atoms with van der Waals surface area (Å²) in [5.74, 6) is 0. The van der Waals surface area contributed by atoms with Gasteiger partial charge >= 0.3 is 0 Å². The third-order valence-corrected chi connectivity index (χ3v) is 2.78. The van der Waals surface area contributed by atoms with Gasteiger partial charge in [0.25, 0.3) is 0 Å². The van der Waals surface area contributed by atoms with Crippen LogP contribution >= 0.6 is 11.6 Å². The van der Waals surface area contributed by atoms with E-state index in [0.717, 1.165) is 17.3 Å². The lowest BCUT2D eigenvalue weighted by molar-refractivity contribution is 0.265. The second-order valence-corrected chi connectivity index (χ2v) is 5.27. The molecule has 0 aliphatic carbocycles. The topological polar surface area (TPSA) is 29.9 Å². The molecule has 0 radical (unpaired) electrons. The summed E-state index contributed by atoms with van der Waals surface area (Å²) in [6, 6.07) is 0.225. The lowest BCUT2D eigenvalue weighted by atomic mass is 9.84. The smallest absolute Gasteiger partial charge is 0.0834 e. The molecule has 0 aromatic carbocycles. The second kappa shape index (κ2) is 4.54. The highest BCUT2D eigenvalue weighted by Crippen LogP contribution is 2.35. The first-order valence-electron chi connectivity index (χ1n) is 5.28. The fourth-order valence-corrected chi connectivity index (χ4v) is 2.04. The van der Waals surface area contributed by atoms with Gasteiger partial charge in [0.15, 0.2) is 0 Å². The Morgan fingerprint density at radius 1 is 1.53 bits per heavy atom. The fourth-order valence-electron chi connectivity index (χ4n) is 1.76. The summed E-state index contributed by atoms with van der Waals surface area (Å²) < 4.78 is 1.85. The van der Waals surface area contributed by atoms with E-state index in [-0.39, 0.29) is 11.5 Å². The fraction of sp³-hybridized carbons (Fsp3) is 0.727. The van der Waals surface area contributed by atoms with Gasteiger partial charge in [-0.2, -0.15) is 5.10 Å². The van der Waals surface area contributed by atoms with E-state index in [0.29, 0.717) is 0 Å². The molecule has 1 aromatic heterocycles. The van der Waals surface area contributed by atoms with Gasteiger partial charge in [-0.05, 0) is 12.0 Å². The van der Waals surface area contributed by atoms with Crippen LogP contribution in [-0.2, 0) is 7.05 Å². The van der Waals surface area contributed by atoms with Gasteiger partial charge in [0.05, 0.1) is 23.0 Å². The zero-order valence-electron chi connectivity index (χ0n) is 10.1. The van der Waals surface area contributed by atoms with E-state index in [1.807, 2.05) is 11.7 Å². The molecule has 0 fully saturated rings. The monoisotopic (exact) mass is 229 g/mol. The van der Waals surface area contributed by atoms with Crippen LogP contribution in [0.2, 0.25) is 5.02 Å². The molecule has 15 heavy (non-hydrogen) atoms. The van der Waals surface area contributed by atoms with Crippen LogP contribution in [0.15, 0.2) is 6.20 Å². The average Bonchev–Trinajstić information content (AvgIpc) is 2.41. The quantitative estimate of drug-likeness (QED) is 0.864. The van der Waals surface area contributed by atoms with Crippen LogP contribution in [0, 0.1) is 5.41 Å². The third-order valence-electron chi connectivity index (χ3n) is 2.49. The van der Waals surface area contributed by atoms with Crippen LogP contribution in [0.1, 0.15) is 39.4 Å². The molecule has 1 atom stereocenters. The summed E-state index contributed by atoms with van der Waals surface area (Å²) in [4.78, 5) is 0. The molecule has 0 spiro atoms. The van der Waals surface area contributed by atoms with Crippen LogP contribution in [0.3, 0.4) is 0 Å². The van der Waals surface area contributed by atoms with Crippen molar-refractivity contribution in [3.63, 3.8) is 0 Å². The van der Waals surface area contributed by atoms with Crippen molar-refractivity contribution in [3.05, 3.63) is 16.9 Å². The van der Waals surface area contributed by atoms with Crippen LogP contribution in [0.25, 0.3) is 0 Å². The van der Waals surface area contributed by atoms with Crippen molar-refractivity contribution in [2.45, 2.75) is 33.7 Å². The minimum atomic E-state index is 0.118. The van der Waals surface area contributed by atoms with Gasteiger partial charge < -0.3 is 5.32 Å². The molecule has 0 aliphatic rings. The van der Waals surface area contributed by atoms with E-state index < -0.39 is 0 Å². The molecule has 1 heterocycles. The summed E-state index contributed by atoms with van der Waals surface area (Å²) in [6.07, 6.45) is 1.70. The van der Waals surface area contributed by atoms with Gasteiger partial charge in [-0.3, -0.25) is 4.68 Å². The molecule has 1 aromatic rings. The third kappa shape index (κ3) is 2.73. The number of nitrogens with one attached hydrogen (secondary N) is 1. The Morgan fingerprint density at radius 3 is 2.47 bits per heavy atom. The van der Waals surface area contributed by atoms with Gasteiger partial charge in [-0.15, -0.1) is 0 Å². The molecule has 86 valence electrons. The summed E-state index contributed by atoms with van der Waals surface area (Å²) in [7, 11) is 1.93. The summed E-state index contributed by atoms with van der Waals surface area (Å²) >= 11 is 6.16. The lowest BCUT2D eigenvalue weighted by Crippen LogP contribution is -2.33. The van der Waals surface area contributed by atoms with Crippen molar-refractivity contribution in [1.29, 1.82) is 0 Å². The maximum Gasteiger partial charge on any atom is 0.0834 e. The van der Waals surface area contributed by atoms with E-state index in [1.54, 1.807) is 6.20 Å². The van der Waals surface area contributed by atoms with E-state index in [1.165, 1.54) is 0 Å². The number of aromatic nitrogens is 2. The number of aryl methyl sites for hydroxylation is 1. The molecule has 0 saturated heterocycles. The van der Waals surface area contributed by atoms with Crippen molar-refractivity contribution in [3.8, 4) is 0 Å². The Hall–Kier alpha value is -0.540. The minimum Gasteiger partial charge on any atom is -0.308 e. The van der Waals surface area contributed by atoms with E-state index in [2.05, 4.69) is 38.1 Å². The molecule has 0 amide bonds. The average molecular weight is 230 g/mol. The van der Waals surface area contributed by atoms with Gasteiger partial charge in [0, 0.05) is 7.05 Å². The van der Waals surface area contributed by atoms with Crippen molar-refractivity contribution < 1.29 is 0 Å². The predicted octanol–water partition coefficient (Wildman–Crippen LogP) is 2.77. The molecule has 1 N–H and O–H groups in total. The highest BCUT2D eigenvalue weighted by atomic mass is 35.5. The van der Waals surface area contributed by atoms with E-state index >= 15 is 0 Å². The summed E-state index contributed by atoms with van der Waals surface area (Å²) in [5, 5.41) is 8.37. The van der Waals surface area contributed by atoms with Gasteiger partial charge in [0.2, 0.25) is 0 Å². The first-order valence-corrected chi connectivity index (χ1v) is 5.66. The second-order valence-electron chi connectivity index (χ2n) is 4.86. The Balaban J connectivity index is 3.10. The molecule has 4 heteroatoms. The molecular weight excluding hydrogens is 210 g/mol. The summed E-state index contributed by atoms with van der Waals surface area (Å²) in [5.41, 5.74) is 1.18. The van der Waals surface area contributed by atoms with E-state index in [4.69, 9.17) is 11.6 Å². The lowest BCUT2D eigenvalue weighted by Gasteiger charge is -2.31. The van der Waals surface area contributed by atoms with Crippen LogP contribution in [0.5, 0.6) is 0 Å². The predicted molar refractivity (Wildman–Crippen MR) is 64.1 cm³/mol. The normalized spacial score (nSPS) is 14.3. The molecule has 1 unspecified atom stereocenters. The number of nitrogens with zero attached hydrogens (tertiary/aromatic N) is 2. The highest BCUT2D eigenvalue weighted by Gasteiger charge is 2.29. The standard InChI is InChI=1S/C11H20ClN3/c1-6-13-10(11(2,3)4)9-8(12)7-14-15(9)5/h7,10,13H,6H2,1-5H3. The largest absolute Gasteiger partial charge is 0.308 e. The Kier molecular flexibility index (Phi) is 3.79. The van der Waals surface area contributed by atoms with Crippen molar-refractivity contribution >= 4 is 11.6 Å². The molecule has 0 bridgehead atoms. The molecular formula is C11H20ClN3. The van der Waals surface area contributed by atoms with Gasteiger partial charge in [0.1, 0.15) is 0 Å². The zero-order chi connectivity index (χ0) is 11.6. The number of halogens is 1. The number of hydrogen-bond acceptors (Lipinski definition) is 2. The van der Waals surface area contributed by atoms with E-state index in [9.17, 15) is 0 Å². The van der Waals surface area contributed by atoms with Crippen molar-refractivity contribution in [2.75, 3.05) is 6.54 Å². The zero-order valence-corrected chi connectivity index (χ0v) is 10.9. The van der Waals surface area contributed by atoms with Crippen LogP contribution in [0.4, 0.5) is 0 Å². The SMILES string of the molecule is CCNC(c1c(Cl)cnn1C)C(C)(C)C. The molecule has 0 saturated carbocycles. The van der Waals surface area contributed by atoms with Gasteiger partial charge in [-0.25, -0.2) is 0 Å². The van der Waals surface area contributed by atoms with Crippen molar-refractivity contribution in [1.82, 2.24) is 15.1 Å². The number of rotatable bonds is 3. The first-order chi connectivity index (χ1) is 6.88. The van der Waals surface area contributed by atoms with Crippen LogP contribution < -0.4 is 5.32 Å². The summed E-state index contributed by atoms with van der Waals surface area (Å²) in [6.45, 7) is 9.61. The Labute approximate surface area is 96.8 Å². The Bertz CT molecular complexity index is 306. The van der Waals surface area contributed by atoms with Gasteiger partial charge in [-0.1, -0.05) is 39.3 Å². The molecule has 1 rings (SSSR count). The molecule has 0 aliphatic heterocycles. The minimum absolute atomic E-state index is 0.118. The Morgan fingerprint density at radius 2 is 2.13 bits per heavy atom. The first kappa shape index (κ1) is 12.5. The number of hydrogen-bond donors (Lipinski definition) is 1.